The molecule has 1 saturated heterocycles. The number of ketones is 1. The highest BCUT2D eigenvalue weighted by molar-refractivity contribution is 5.87. The Morgan fingerprint density at radius 2 is 1.60 bits per heavy atom. The van der Waals surface area contributed by atoms with Gasteiger partial charge in [-0.2, -0.15) is 0 Å². The highest BCUT2D eigenvalue weighted by atomic mass is 16.7. The number of urea groups is 1. The van der Waals surface area contributed by atoms with Crippen LogP contribution in [-0.4, -0.2) is 59.1 Å². The first kappa shape index (κ1) is 33.9. The maximum absolute atomic E-state index is 12.7. The second-order valence-electron chi connectivity index (χ2n) is 12.1. The van der Waals surface area contributed by atoms with Gasteiger partial charge in [0.15, 0.2) is 12.1 Å². The normalized spacial score (nSPS) is 18.4. The average molecular weight is 637 g/mol. The second kappa shape index (κ2) is 16.9. The van der Waals surface area contributed by atoms with Crippen LogP contribution in [0.3, 0.4) is 0 Å². The third-order valence-corrected chi connectivity index (χ3v) is 8.39. The molecule has 4 aromatic rings. The van der Waals surface area contributed by atoms with Crippen LogP contribution in [0.15, 0.2) is 103 Å². The molecule has 9 nitrogen and oxygen atoms in total. The Balaban J connectivity index is 1.20. The van der Waals surface area contributed by atoms with E-state index in [0.29, 0.717) is 19.4 Å². The molecule has 3 aromatic carbocycles. The number of ether oxygens (including phenoxy) is 2. The van der Waals surface area contributed by atoms with Crippen molar-refractivity contribution in [2.45, 2.75) is 63.9 Å². The van der Waals surface area contributed by atoms with Crippen LogP contribution in [0.25, 0.3) is 0 Å². The number of pyridine rings is 1. The summed E-state index contributed by atoms with van der Waals surface area (Å²) in [5.74, 6) is -0.0961. The maximum atomic E-state index is 12.7. The summed E-state index contributed by atoms with van der Waals surface area (Å²) in [7, 11) is 2.10. The number of hydrogen-bond acceptors (Lipinski definition) is 7. The number of nitrogens with one attached hydrogen (secondary N) is 2. The van der Waals surface area contributed by atoms with E-state index in [9.17, 15) is 14.7 Å². The zero-order valence-corrected chi connectivity index (χ0v) is 27.0. The number of aromatic nitrogens is 1. The van der Waals surface area contributed by atoms with Crippen LogP contribution < -0.4 is 10.6 Å². The molecule has 4 atom stereocenters. The van der Waals surface area contributed by atoms with Gasteiger partial charge in [-0.1, -0.05) is 84.9 Å². The van der Waals surface area contributed by atoms with Crippen molar-refractivity contribution in [3.63, 3.8) is 0 Å². The van der Waals surface area contributed by atoms with E-state index in [-0.39, 0.29) is 24.6 Å². The highest BCUT2D eigenvalue weighted by Gasteiger charge is 2.32. The summed E-state index contributed by atoms with van der Waals surface area (Å²) in [5.41, 5.74) is 5.73. The van der Waals surface area contributed by atoms with E-state index in [0.717, 1.165) is 53.0 Å². The summed E-state index contributed by atoms with van der Waals surface area (Å²) in [6.07, 6.45) is 3.00. The molecule has 1 fully saturated rings. The van der Waals surface area contributed by atoms with E-state index < -0.39 is 18.4 Å². The number of nitrogens with zero attached hydrogens (tertiary/aromatic N) is 2. The van der Waals surface area contributed by atoms with Crippen molar-refractivity contribution < 1.29 is 24.2 Å². The summed E-state index contributed by atoms with van der Waals surface area (Å²) in [6, 6.07) is 30.3. The molecule has 0 bridgehead atoms. The van der Waals surface area contributed by atoms with Gasteiger partial charge in [0.25, 0.3) is 0 Å². The van der Waals surface area contributed by atoms with E-state index in [4.69, 9.17) is 9.47 Å². The average Bonchev–Trinajstić information content (AvgIpc) is 3.10. The molecule has 1 aromatic heterocycles. The molecule has 2 heterocycles. The lowest BCUT2D eigenvalue weighted by atomic mass is 9.99. The molecular weight excluding hydrogens is 592 g/mol. The number of rotatable bonds is 14. The number of carbonyl (C=O) groups excluding carboxylic acids is 2. The van der Waals surface area contributed by atoms with Crippen molar-refractivity contribution in [2.75, 3.05) is 20.1 Å². The van der Waals surface area contributed by atoms with Crippen molar-refractivity contribution in [1.29, 1.82) is 0 Å². The monoisotopic (exact) mass is 636 g/mol. The molecule has 0 saturated carbocycles. The van der Waals surface area contributed by atoms with Crippen LogP contribution in [0, 0.1) is 0 Å². The molecule has 2 amide bonds. The Morgan fingerprint density at radius 1 is 0.894 bits per heavy atom. The molecule has 5 rings (SSSR count). The van der Waals surface area contributed by atoms with Crippen molar-refractivity contribution >= 4 is 11.8 Å². The minimum Gasteiger partial charge on any atom is -0.392 e. The first-order valence-electron chi connectivity index (χ1n) is 16.1. The zero-order valence-electron chi connectivity index (χ0n) is 27.0. The molecule has 9 heteroatoms. The lowest BCUT2D eigenvalue weighted by Gasteiger charge is -2.38. The zero-order chi connectivity index (χ0) is 33.0. The van der Waals surface area contributed by atoms with Crippen molar-refractivity contribution in [3.05, 3.63) is 137 Å². The van der Waals surface area contributed by atoms with E-state index in [1.165, 1.54) is 6.92 Å². The Morgan fingerprint density at radius 3 is 2.28 bits per heavy atom. The molecule has 47 heavy (non-hydrogen) atoms. The van der Waals surface area contributed by atoms with E-state index in [2.05, 4.69) is 27.6 Å². The second-order valence-corrected chi connectivity index (χ2v) is 12.1. The van der Waals surface area contributed by atoms with Gasteiger partial charge >= 0.3 is 6.03 Å². The van der Waals surface area contributed by atoms with Crippen LogP contribution in [0.2, 0.25) is 0 Å². The SMILES string of the molecule is CC(=O)[C@@H](Cc1ccccc1)NC(=O)NCc1ccc(C2O[C@H](CN(C)CCc3ccccn3)C[C@H](c3ccc(CO)cc3)O2)cc1. The van der Waals surface area contributed by atoms with Gasteiger partial charge in [-0.05, 0) is 54.8 Å². The summed E-state index contributed by atoms with van der Waals surface area (Å²) in [6.45, 7) is 3.38. The van der Waals surface area contributed by atoms with Gasteiger partial charge in [-0.3, -0.25) is 9.78 Å². The largest absolute Gasteiger partial charge is 0.392 e. The number of aliphatic hydroxyl groups excluding tert-OH is 1. The minimum absolute atomic E-state index is 0.00487. The van der Waals surface area contributed by atoms with Crippen LogP contribution >= 0.6 is 0 Å². The van der Waals surface area contributed by atoms with Crippen LogP contribution in [0.4, 0.5) is 4.79 Å². The molecule has 3 N–H and O–H groups in total. The summed E-state index contributed by atoms with van der Waals surface area (Å²) < 4.78 is 13.0. The lowest BCUT2D eigenvalue weighted by Crippen LogP contribution is -2.46. The number of Topliss-reactive ketones (excluding diaryl/α,β-unsaturated/α-hetero) is 1. The standard InChI is InChI=1S/C38H44N4O5/c1-27(44)35(22-28-8-4-3-5-9-28)41-38(45)40-24-29-11-17-32(18-12-29)37-46-34(25-42(2)21-19-33-10-6-7-20-39-33)23-36(47-37)31-15-13-30(26-43)14-16-31/h3-18,20,34-37,43H,19,21-26H2,1-2H3,(H2,40,41,45)/t34-,35+,36+,37?/m0/s1. The van der Waals surface area contributed by atoms with Crippen molar-refractivity contribution in [3.8, 4) is 0 Å². The van der Waals surface area contributed by atoms with Gasteiger partial charge in [0.1, 0.15) is 0 Å². The minimum atomic E-state index is -0.602. The number of hydrogen-bond donors (Lipinski definition) is 3. The first-order valence-corrected chi connectivity index (χ1v) is 16.1. The fraction of sp³-hybridized carbons (Fsp3) is 0.342. The van der Waals surface area contributed by atoms with Gasteiger partial charge in [0.05, 0.1) is 24.9 Å². The fourth-order valence-electron chi connectivity index (χ4n) is 5.65. The summed E-state index contributed by atoms with van der Waals surface area (Å²) in [4.78, 5) is 31.6. The highest BCUT2D eigenvalue weighted by Crippen LogP contribution is 2.38. The van der Waals surface area contributed by atoms with Gasteiger partial charge in [0.2, 0.25) is 0 Å². The first-order chi connectivity index (χ1) is 22.9. The number of carbonyl (C=O) groups is 2. The topological polar surface area (TPSA) is 113 Å². The van der Waals surface area contributed by atoms with Crippen LogP contribution in [0.5, 0.6) is 0 Å². The number of aliphatic hydroxyl groups is 1. The Hall–Kier alpha value is -4.41. The third kappa shape index (κ3) is 10.3. The molecule has 0 aliphatic carbocycles. The fourth-order valence-corrected chi connectivity index (χ4v) is 5.65. The smallest absolute Gasteiger partial charge is 0.315 e. The molecule has 1 aliphatic heterocycles. The van der Waals surface area contributed by atoms with Crippen molar-refractivity contribution in [2.24, 2.45) is 0 Å². The molecule has 0 spiro atoms. The Bertz CT molecular complexity index is 1550. The Kier molecular flexibility index (Phi) is 12.2. The molecule has 1 unspecified atom stereocenters. The quantitative estimate of drug-likeness (QED) is 0.172. The number of likely N-dealkylation sites (N-methyl/N-ethyl adjacent to an activating group) is 1. The molecule has 246 valence electrons. The van der Waals surface area contributed by atoms with Gasteiger partial charge in [-0.25, -0.2) is 4.79 Å². The van der Waals surface area contributed by atoms with Gasteiger partial charge in [-0.15, -0.1) is 0 Å². The van der Waals surface area contributed by atoms with E-state index in [1.807, 2.05) is 103 Å². The number of benzene rings is 3. The third-order valence-electron chi connectivity index (χ3n) is 8.39. The van der Waals surface area contributed by atoms with Crippen LogP contribution in [0.1, 0.15) is 59.2 Å². The predicted octanol–water partition coefficient (Wildman–Crippen LogP) is 5.29. The summed E-state index contributed by atoms with van der Waals surface area (Å²) in [5, 5.41) is 15.2. The predicted molar refractivity (Wildman–Crippen MR) is 180 cm³/mol. The summed E-state index contributed by atoms with van der Waals surface area (Å²) >= 11 is 0. The van der Waals surface area contributed by atoms with E-state index >= 15 is 0 Å². The van der Waals surface area contributed by atoms with Gasteiger partial charge in [0, 0.05) is 49.9 Å². The van der Waals surface area contributed by atoms with Crippen LogP contribution in [-0.2, 0) is 40.3 Å². The van der Waals surface area contributed by atoms with Gasteiger partial charge < -0.3 is 30.1 Å². The van der Waals surface area contributed by atoms with E-state index in [1.54, 1.807) is 0 Å². The Labute approximate surface area is 276 Å². The molecule has 0 radical (unpaired) electrons. The molecular formula is C38H44N4O5. The van der Waals surface area contributed by atoms with Crippen molar-refractivity contribution in [1.82, 2.24) is 20.5 Å². The lowest BCUT2D eigenvalue weighted by molar-refractivity contribution is -0.252. The molecule has 1 aliphatic rings. The maximum Gasteiger partial charge on any atom is 0.315 e. The number of amides is 2.